The number of hydrogen-bond acceptors (Lipinski definition) is 4. The van der Waals surface area contributed by atoms with Crippen LogP contribution in [0.4, 0.5) is 0 Å². The van der Waals surface area contributed by atoms with Crippen molar-refractivity contribution in [1.82, 2.24) is 20.1 Å². The number of aliphatic hydroxyl groups excluding tert-OH is 1. The van der Waals surface area contributed by atoms with Gasteiger partial charge in [0.05, 0.1) is 11.8 Å². The van der Waals surface area contributed by atoms with E-state index in [2.05, 4.69) is 15.4 Å². The Kier molecular flexibility index (Phi) is 4.88. The fourth-order valence-corrected chi connectivity index (χ4v) is 2.50. The van der Waals surface area contributed by atoms with Gasteiger partial charge in [0, 0.05) is 35.7 Å². The van der Waals surface area contributed by atoms with E-state index in [1.54, 1.807) is 59.5 Å². The molecule has 24 heavy (non-hydrogen) atoms. The number of carbonyl (C=O) groups excluding carboxylic acids is 1. The van der Waals surface area contributed by atoms with E-state index in [-0.39, 0.29) is 18.1 Å². The summed E-state index contributed by atoms with van der Waals surface area (Å²) in [6.07, 6.45) is 4.08. The Hall–Kier alpha value is -2.70. The van der Waals surface area contributed by atoms with Gasteiger partial charge in [0.25, 0.3) is 5.91 Å². The van der Waals surface area contributed by atoms with Crippen molar-refractivity contribution in [3.8, 4) is 5.69 Å². The minimum atomic E-state index is -0.892. The minimum absolute atomic E-state index is 0.0379. The molecule has 122 valence electrons. The van der Waals surface area contributed by atoms with Crippen LogP contribution in [0.5, 0.6) is 0 Å². The van der Waals surface area contributed by atoms with Gasteiger partial charge < -0.3 is 10.4 Å². The lowest BCUT2D eigenvalue weighted by molar-refractivity contribution is 0.0911. The van der Waals surface area contributed by atoms with Gasteiger partial charge in [0.15, 0.2) is 0 Å². The van der Waals surface area contributed by atoms with Crippen LogP contribution in [-0.2, 0) is 0 Å². The molecule has 2 aromatic heterocycles. The number of halogens is 1. The molecule has 0 fully saturated rings. The van der Waals surface area contributed by atoms with Gasteiger partial charge in [-0.1, -0.05) is 29.8 Å². The first-order valence-electron chi connectivity index (χ1n) is 7.32. The second kappa shape index (κ2) is 7.25. The molecule has 0 aliphatic carbocycles. The van der Waals surface area contributed by atoms with Crippen LogP contribution in [0.1, 0.15) is 22.2 Å². The van der Waals surface area contributed by atoms with E-state index >= 15 is 0 Å². The van der Waals surface area contributed by atoms with Gasteiger partial charge in [-0.2, -0.15) is 5.10 Å². The number of pyridine rings is 1. The van der Waals surface area contributed by atoms with Crippen molar-refractivity contribution in [1.29, 1.82) is 0 Å². The molecule has 0 saturated carbocycles. The van der Waals surface area contributed by atoms with Crippen LogP contribution in [0.25, 0.3) is 5.69 Å². The normalized spacial score (nSPS) is 11.9. The molecule has 2 heterocycles. The van der Waals surface area contributed by atoms with Gasteiger partial charge in [-0.05, 0) is 24.3 Å². The highest BCUT2D eigenvalue weighted by atomic mass is 35.5. The summed E-state index contributed by atoms with van der Waals surface area (Å²) in [5, 5.41) is 17.4. The number of aliphatic hydroxyl groups is 1. The molecule has 7 heteroatoms. The fraction of sp³-hybridized carbons (Fsp3) is 0.118. The monoisotopic (exact) mass is 342 g/mol. The minimum Gasteiger partial charge on any atom is -0.387 e. The van der Waals surface area contributed by atoms with Crippen LogP contribution >= 0.6 is 11.6 Å². The summed E-state index contributed by atoms with van der Waals surface area (Å²) in [5.41, 5.74) is 1.54. The zero-order valence-electron chi connectivity index (χ0n) is 12.6. The Morgan fingerprint density at radius 3 is 2.83 bits per heavy atom. The zero-order chi connectivity index (χ0) is 16.9. The molecular formula is C17H15ClN4O2. The van der Waals surface area contributed by atoms with Gasteiger partial charge in [-0.15, -0.1) is 0 Å². The van der Waals surface area contributed by atoms with E-state index in [0.717, 1.165) is 5.69 Å². The largest absolute Gasteiger partial charge is 0.387 e. The van der Waals surface area contributed by atoms with Crippen LogP contribution in [-0.4, -0.2) is 32.3 Å². The quantitative estimate of drug-likeness (QED) is 0.746. The Labute approximate surface area is 143 Å². The Bertz CT molecular complexity index is 836. The molecule has 0 radical (unpaired) electrons. The molecule has 0 aliphatic rings. The van der Waals surface area contributed by atoms with Gasteiger partial charge in [0.1, 0.15) is 5.69 Å². The number of nitrogens with one attached hydrogen (secondary N) is 1. The Balaban J connectivity index is 1.67. The molecule has 1 atom stereocenters. The van der Waals surface area contributed by atoms with Gasteiger partial charge >= 0.3 is 0 Å². The lowest BCUT2D eigenvalue weighted by Gasteiger charge is -2.13. The van der Waals surface area contributed by atoms with Crippen molar-refractivity contribution < 1.29 is 9.90 Å². The molecular weight excluding hydrogens is 328 g/mol. The second-order valence-electron chi connectivity index (χ2n) is 5.10. The number of hydrogen-bond donors (Lipinski definition) is 2. The number of aromatic nitrogens is 3. The van der Waals surface area contributed by atoms with E-state index in [0.29, 0.717) is 10.6 Å². The maximum absolute atomic E-state index is 12.2. The summed E-state index contributed by atoms with van der Waals surface area (Å²) >= 11 is 6.03. The summed E-state index contributed by atoms with van der Waals surface area (Å²) in [7, 11) is 0. The number of rotatable bonds is 5. The first-order valence-corrected chi connectivity index (χ1v) is 7.69. The van der Waals surface area contributed by atoms with E-state index in [4.69, 9.17) is 11.6 Å². The third-order valence-corrected chi connectivity index (χ3v) is 3.81. The van der Waals surface area contributed by atoms with Gasteiger partial charge in [-0.3, -0.25) is 9.78 Å². The summed E-state index contributed by atoms with van der Waals surface area (Å²) in [6, 6.07) is 12.1. The molecule has 6 nitrogen and oxygen atoms in total. The molecule has 1 aromatic carbocycles. The van der Waals surface area contributed by atoms with Crippen LogP contribution in [0.15, 0.2) is 61.1 Å². The number of benzene rings is 1. The lowest BCUT2D eigenvalue weighted by Crippen LogP contribution is -2.29. The molecule has 0 saturated heterocycles. The highest BCUT2D eigenvalue weighted by molar-refractivity contribution is 6.31. The molecule has 3 rings (SSSR count). The molecule has 2 N–H and O–H groups in total. The van der Waals surface area contributed by atoms with E-state index in [1.807, 2.05) is 0 Å². The van der Waals surface area contributed by atoms with Crippen LogP contribution in [0.2, 0.25) is 5.02 Å². The predicted molar refractivity (Wildman–Crippen MR) is 90.1 cm³/mol. The third-order valence-electron chi connectivity index (χ3n) is 3.47. The van der Waals surface area contributed by atoms with Crippen molar-refractivity contribution in [2.75, 3.05) is 6.54 Å². The van der Waals surface area contributed by atoms with Gasteiger partial charge in [-0.25, -0.2) is 4.68 Å². The SMILES string of the molecule is O=C(NCC(O)c1ccccc1Cl)c1cc(-n2cccn2)ccn1. The number of amides is 1. The summed E-state index contributed by atoms with van der Waals surface area (Å²) in [5.74, 6) is -0.380. The first kappa shape index (κ1) is 16.2. The second-order valence-corrected chi connectivity index (χ2v) is 5.50. The molecule has 0 aliphatic heterocycles. The van der Waals surface area contributed by atoms with Crippen molar-refractivity contribution in [2.24, 2.45) is 0 Å². The topological polar surface area (TPSA) is 80.0 Å². The third kappa shape index (κ3) is 3.61. The predicted octanol–water partition coefficient (Wildman–Crippen LogP) is 2.38. The fourth-order valence-electron chi connectivity index (χ4n) is 2.24. The lowest BCUT2D eigenvalue weighted by atomic mass is 10.1. The highest BCUT2D eigenvalue weighted by Gasteiger charge is 2.14. The standard InChI is InChI=1S/C17H15ClN4O2/c18-14-5-2-1-4-13(14)16(23)11-20-17(24)15-10-12(6-8-19-15)22-9-3-7-21-22/h1-10,16,23H,11H2,(H,20,24). The Morgan fingerprint density at radius 1 is 1.25 bits per heavy atom. The van der Waals surface area contributed by atoms with Crippen LogP contribution in [0.3, 0.4) is 0 Å². The number of carbonyl (C=O) groups is 1. The van der Waals surface area contributed by atoms with Crippen molar-refractivity contribution in [2.45, 2.75) is 6.10 Å². The number of nitrogens with zero attached hydrogens (tertiary/aromatic N) is 3. The zero-order valence-corrected chi connectivity index (χ0v) is 13.4. The summed E-state index contributed by atoms with van der Waals surface area (Å²) in [6.45, 7) is 0.0379. The highest BCUT2D eigenvalue weighted by Crippen LogP contribution is 2.21. The van der Waals surface area contributed by atoms with E-state index in [1.165, 1.54) is 6.20 Å². The van der Waals surface area contributed by atoms with Crippen molar-refractivity contribution >= 4 is 17.5 Å². The summed E-state index contributed by atoms with van der Waals surface area (Å²) in [4.78, 5) is 16.3. The molecule has 0 spiro atoms. The smallest absolute Gasteiger partial charge is 0.270 e. The molecule has 3 aromatic rings. The molecule has 1 unspecified atom stereocenters. The summed E-state index contributed by atoms with van der Waals surface area (Å²) < 4.78 is 1.64. The van der Waals surface area contributed by atoms with Crippen molar-refractivity contribution in [3.05, 3.63) is 77.3 Å². The Morgan fingerprint density at radius 2 is 2.08 bits per heavy atom. The van der Waals surface area contributed by atoms with Crippen molar-refractivity contribution in [3.63, 3.8) is 0 Å². The van der Waals surface area contributed by atoms with E-state index < -0.39 is 6.10 Å². The van der Waals surface area contributed by atoms with Gasteiger partial charge in [0.2, 0.25) is 0 Å². The molecule has 1 amide bonds. The van der Waals surface area contributed by atoms with Crippen LogP contribution < -0.4 is 5.32 Å². The first-order chi connectivity index (χ1) is 11.6. The van der Waals surface area contributed by atoms with E-state index in [9.17, 15) is 9.90 Å². The molecule has 0 bridgehead atoms. The maximum atomic E-state index is 12.2. The average molecular weight is 343 g/mol. The average Bonchev–Trinajstić information content (AvgIpc) is 3.14. The maximum Gasteiger partial charge on any atom is 0.270 e. The van der Waals surface area contributed by atoms with Crippen LogP contribution in [0, 0.1) is 0 Å².